The van der Waals surface area contributed by atoms with Gasteiger partial charge < -0.3 is 9.88 Å². The number of pyridine rings is 1. The van der Waals surface area contributed by atoms with Crippen molar-refractivity contribution in [2.24, 2.45) is 0 Å². The molecule has 0 atom stereocenters. The summed E-state index contributed by atoms with van der Waals surface area (Å²) in [6, 6.07) is 3.28. The molecule has 1 aliphatic carbocycles. The van der Waals surface area contributed by atoms with Crippen molar-refractivity contribution in [1.29, 1.82) is 0 Å². The van der Waals surface area contributed by atoms with E-state index in [-0.39, 0.29) is 17.9 Å². The molecule has 1 aliphatic rings. The molecule has 1 N–H and O–H groups in total. The lowest BCUT2D eigenvalue weighted by Crippen LogP contribution is -2.35. The Morgan fingerprint density at radius 1 is 1.31 bits per heavy atom. The minimum Gasteiger partial charge on any atom is -0.352 e. The van der Waals surface area contributed by atoms with Crippen LogP contribution in [0.4, 0.5) is 0 Å². The summed E-state index contributed by atoms with van der Waals surface area (Å²) in [5, 5.41) is 3.00. The third kappa shape index (κ3) is 2.95. The van der Waals surface area contributed by atoms with Gasteiger partial charge in [-0.3, -0.25) is 9.59 Å². The normalized spacial score (nSPS) is 16.2. The minimum absolute atomic E-state index is 0.0237. The van der Waals surface area contributed by atoms with E-state index in [9.17, 15) is 9.59 Å². The Hall–Kier alpha value is -1.58. The topological polar surface area (TPSA) is 51.1 Å². The van der Waals surface area contributed by atoms with Crippen LogP contribution in [0.3, 0.4) is 0 Å². The molecule has 16 heavy (non-hydrogen) atoms. The summed E-state index contributed by atoms with van der Waals surface area (Å²) >= 11 is 0. The van der Waals surface area contributed by atoms with Gasteiger partial charge in [0.15, 0.2) is 5.43 Å². The number of aromatic nitrogens is 1. The standard InChI is InChI=1S/C12H16N2O2/c15-11-5-7-14(8-6-11)9-12(16)13-10-3-1-2-4-10/h5-8,10H,1-4,9H2,(H,13,16). The minimum atomic E-state index is -0.0348. The van der Waals surface area contributed by atoms with Crippen molar-refractivity contribution in [3.63, 3.8) is 0 Å². The van der Waals surface area contributed by atoms with E-state index < -0.39 is 0 Å². The van der Waals surface area contributed by atoms with Gasteiger partial charge in [0, 0.05) is 30.6 Å². The van der Waals surface area contributed by atoms with Crippen LogP contribution in [-0.2, 0) is 11.3 Å². The smallest absolute Gasteiger partial charge is 0.240 e. The molecule has 1 fully saturated rings. The fraction of sp³-hybridized carbons (Fsp3) is 0.500. The number of nitrogens with zero attached hydrogens (tertiary/aromatic N) is 1. The Kier molecular flexibility index (Phi) is 3.39. The van der Waals surface area contributed by atoms with Gasteiger partial charge in [-0.2, -0.15) is 0 Å². The van der Waals surface area contributed by atoms with Gasteiger partial charge in [0.2, 0.25) is 5.91 Å². The third-order valence-corrected chi connectivity index (χ3v) is 2.91. The predicted octanol–water partition coefficient (Wildman–Crippen LogP) is 0.907. The highest BCUT2D eigenvalue weighted by Gasteiger charge is 2.16. The van der Waals surface area contributed by atoms with Gasteiger partial charge in [-0.25, -0.2) is 0 Å². The molecule has 0 bridgehead atoms. The van der Waals surface area contributed by atoms with E-state index in [4.69, 9.17) is 0 Å². The zero-order valence-electron chi connectivity index (χ0n) is 9.19. The maximum absolute atomic E-state index is 11.6. The molecule has 4 heteroatoms. The van der Waals surface area contributed by atoms with Gasteiger partial charge in [0.25, 0.3) is 0 Å². The molecular formula is C12H16N2O2. The van der Waals surface area contributed by atoms with Crippen LogP contribution >= 0.6 is 0 Å². The molecular weight excluding hydrogens is 204 g/mol. The van der Waals surface area contributed by atoms with E-state index in [0.717, 1.165) is 12.8 Å². The van der Waals surface area contributed by atoms with E-state index in [2.05, 4.69) is 5.32 Å². The molecule has 1 aromatic rings. The second-order valence-electron chi connectivity index (χ2n) is 4.26. The highest BCUT2D eigenvalue weighted by molar-refractivity contribution is 5.76. The fourth-order valence-electron chi connectivity index (χ4n) is 2.06. The number of nitrogens with one attached hydrogen (secondary N) is 1. The first-order chi connectivity index (χ1) is 7.74. The number of carbonyl (C=O) groups excluding carboxylic acids is 1. The van der Waals surface area contributed by atoms with Crippen LogP contribution in [0.5, 0.6) is 0 Å². The SMILES string of the molecule is O=C(Cn1ccc(=O)cc1)NC1CCCC1. The molecule has 1 aromatic heterocycles. The van der Waals surface area contributed by atoms with Crippen molar-refractivity contribution in [1.82, 2.24) is 9.88 Å². The van der Waals surface area contributed by atoms with Crippen molar-refractivity contribution in [2.75, 3.05) is 0 Å². The lowest BCUT2D eigenvalue weighted by molar-refractivity contribution is -0.122. The average molecular weight is 220 g/mol. The summed E-state index contributed by atoms with van der Waals surface area (Å²) < 4.78 is 1.71. The highest BCUT2D eigenvalue weighted by Crippen LogP contribution is 2.17. The largest absolute Gasteiger partial charge is 0.352 e. The molecule has 4 nitrogen and oxygen atoms in total. The lowest BCUT2D eigenvalue weighted by Gasteiger charge is -2.12. The molecule has 0 unspecified atom stereocenters. The summed E-state index contributed by atoms with van der Waals surface area (Å²) in [7, 11) is 0. The van der Waals surface area contributed by atoms with Crippen molar-refractivity contribution >= 4 is 5.91 Å². The summed E-state index contributed by atoms with van der Waals surface area (Å²) in [4.78, 5) is 22.5. The third-order valence-electron chi connectivity index (χ3n) is 2.91. The predicted molar refractivity (Wildman–Crippen MR) is 61.1 cm³/mol. The van der Waals surface area contributed by atoms with E-state index >= 15 is 0 Å². The molecule has 1 saturated carbocycles. The van der Waals surface area contributed by atoms with Crippen molar-refractivity contribution in [3.05, 3.63) is 34.7 Å². The Morgan fingerprint density at radius 2 is 1.94 bits per heavy atom. The monoisotopic (exact) mass is 220 g/mol. The van der Waals surface area contributed by atoms with Crippen LogP contribution in [0.1, 0.15) is 25.7 Å². The fourth-order valence-corrected chi connectivity index (χ4v) is 2.06. The molecule has 2 rings (SSSR count). The Bertz CT molecular complexity index is 399. The van der Waals surface area contributed by atoms with E-state index in [0.29, 0.717) is 6.04 Å². The van der Waals surface area contributed by atoms with Gasteiger partial charge in [-0.05, 0) is 12.8 Å². The van der Waals surface area contributed by atoms with Gasteiger partial charge in [0.1, 0.15) is 6.54 Å². The van der Waals surface area contributed by atoms with Crippen LogP contribution in [0, 0.1) is 0 Å². The zero-order valence-corrected chi connectivity index (χ0v) is 9.19. The van der Waals surface area contributed by atoms with Gasteiger partial charge in [-0.1, -0.05) is 12.8 Å². The first kappa shape index (κ1) is 10.9. The van der Waals surface area contributed by atoms with E-state index in [1.807, 2.05) is 0 Å². The van der Waals surface area contributed by atoms with Crippen LogP contribution in [0.15, 0.2) is 29.3 Å². The first-order valence-electron chi connectivity index (χ1n) is 5.69. The molecule has 86 valence electrons. The molecule has 1 heterocycles. The second kappa shape index (κ2) is 4.96. The average Bonchev–Trinajstić information content (AvgIpc) is 2.74. The highest BCUT2D eigenvalue weighted by atomic mass is 16.2. The van der Waals surface area contributed by atoms with Crippen molar-refractivity contribution in [2.45, 2.75) is 38.3 Å². The molecule has 0 aliphatic heterocycles. The van der Waals surface area contributed by atoms with Gasteiger partial charge >= 0.3 is 0 Å². The van der Waals surface area contributed by atoms with Gasteiger partial charge in [-0.15, -0.1) is 0 Å². The lowest BCUT2D eigenvalue weighted by atomic mass is 10.2. The summed E-state index contributed by atoms with van der Waals surface area (Å²) in [5.74, 6) is 0.0237. The first-order valence-corrected chi connectivity index (χ1v) is 5.69. The zero-order chi connectivity index (χ0) is 11.4. The molecule has 0 radical (unpaired) electrons. The molecule has 0 aromatic carbocycles. The maximum atomic E-state index is 11.6. The Labute approximate surface area is 94.3 Å². The van der Waals surface area contributed by atoms with Crippen LogP contribution in [0.25, 0.3) is 0 Å². The molecule has 0 saturated heterocycles. The number of hydrogen-bond donors (Lipinski definition) is 1. The van der Waals surface area contributed by atoms with Crippen molar-refractivity contribution in [3.8, 4) is 0 Å². The van der Waals surface area contributed by atoms with Crippen LogP contribution in [0.2, 0.25) is 0 Å². The number of amides is 1. The van der Waals surface area contributed by atoms with Gasteiger partial charge in [0.05, 0.1) is 0 Å². The number of hydrogen-bond acceptors (Lipinski definition) is 2. The Morgan fingerprint density at radius 3 is 2.56 bits per heavy atom. The van der Waals surface area contributed by atoms with E-state index in [1.165, 1.54) is 25.0 Å². The summed E-state index contributed by atoms with van der Waals surface area (Å²) in [6.07, 6.45) is 7.88. The second-order valence-corrected chi connectivity index (χ2v) is 4.26. The number of rotatable bonds is 3. The van der Waals surface area contributed by atoms with E-state index in [1.54, 1.807) is 17.0 Å². The molecule has 0 spiro atoms. The molecule has 1 amide bonds. The Balaban J connectivity index is 1.86. The van der Waals surface area contributed by atoms with Crippen LogP contribution < -0.4 is 10.7 Å². The quantitative estimate of drug-likeness (QED) is 0.823. The summed E-state index contributed by atoms with van der Waals surface area (Å²) in [5.41, 5.74) is -0.0348. The van der Waals surface area contributed by atoms with Crippen LogP contribution in [-0.4, -0.2) is 16.5 Å². The van der Waals surface area contributed by atoms with Crippen molar-refractivity contribution < 1.29 is 4.79 Å². The number of carbonyl (C=O) groups is 1. The maximum Gasteiger partial charge on any atom is 0.240 e. The summed E-state index contributed by atoms with van der Waals surface area (Å²) in [6.45, 7) is 0.288.